The molecule has 20 heavy (non-hydrogen) atoms. The zero-order valence-electron chi connectivity index (χ0n) is 11.7. The van der Waals surface area contributed by atoms with Crippen molar-refractivity contribution in [3.05, 3.63) is 12.4 Å². The standard InChI is InChI=1S/C13H20F2N4O/c1-9(2)7-19-6-5-17-12(19)18-11(20)10-3-4-16-8-13(10,14)15/h5-6,9-10,16H,3-4,7-8H2,1-2H3,(H,17,18,20). The lowest BCUT2D eigenvalue weighted by atomic mass is 9.93. The fourth-order valence-electron chi connectivity index (χ4n) is 2.33. The topological polar surface area (TPSA) is 59.0 Å². The number of carbonyl (C=O) groups excluding carboxylic acids is 1. The molecule has 5 nitrogen and oxygen atoms in total. The van der Waals surface area contributed by atoms with E-state index in [1.54, 1.807) is 17.0 Å². The summed E-state index contributed by atoms with van der Waals surface area (Å²) in [4.78, 5) is 16.1. The van der Waals surface area contributed by atoms with E-state index in [0.29, 0.717) is 25.0 Å². The van der Waals surface area contributed by atoms with E-state index >= 15 is 0 Å². The molecular formula is C13H20F2N4O. The monoisotopic (exact) mass is 286 g/mol. The van der Waals surface area contributed by atoms with E-state index in [-0.39, 0.29) is 6.42 Å². The molecule has 0 aliphatic carbocycles. The van der Waals surface area contributed by atoms with Crippen LogP contribution in [0, 0.1) is 11.8 Å². The van der Waals surface area contributed by atoms with Crippen LogP contribution in [0.5, 0.6) is 0 Å². The van der Waals surface area contributed by atoms with E-state index in [0.717, 1.165) is 0 Å². The largest absolute Gasteiger partial charge is 0.317 e. The molecule has 2 heterocycles. The first-order valence-electron chi connectivity index (χ1n) is 6.80. The van der Waals surface area contributed by atoms with Gasteiger partial charge in [0.05, 0.1) is 6.54 Å². The van der Waals surface area contributed by atoms with Crippen molar-refractivity contribution in [3.63, 3.8) is 0 Å². The Morgan fingerprint density at radius 1 is 1.65 bits per heavy atom. The summed E-state index contributed by atoms with van der Waals surface area (Å²) < 4.78 is 29.2. The van der Waals surface area contributed by atoms with Crippen LogP contribution in [0.3, 0.4) is 0 Å². The predicted octanol–water partition coefficient (Wildman–Crippen LogP) is 1.72. The van der Waals surface area contributed by atoms with Gasteiger partial charge in [-0.2, -0.15) is 0 Å². The van der Waals surface area contributed by atoms with Gasteiger partial charge in [0.1, 0.15) is 5.92 Å². The highest BCUT2D eigenvalue weighted by Crippen LogP contribution is 2.30. The second-order valence-electron chi connectivity index (χ2n) is 5.57. The minimum Gasteiger partial charge on any atom is -0.317 e. The first kappa shape index (κ1) is 14.9. The van der Waals surface area contributed by atoms with Crippen LogP contribution >= 0.6 is 0 Å². The summed E-state index contributed by atoms with van der Waals surface area (Å²) in [5.41, 5.74) is 0. The molecule has 1 aromatic heterocycles. The first-order chi connectivity index (χ1) is 9.40. The van der Waals surface area contributed by atoms with Crippen LogP contribution in [0.25, 0.3) is 0 Å². The van der Waals surface area contributed by atoms with Crippen LogP contribution in [-0.4, -0.2) is 34.5 Å². The van der Waals surface area contributed by atoms with Gasteiger partial charge in [-0.25, -0.2) is 13.8 Å². The molecule has 1 aliphatic rings. The molecule has 1 unspecified atom stereocenters. The highest BCUT2D eigenvalue weighted by atomic mass is 19.3. The van der Waals surface area contributed by atoms with Crippen LogP contribution in [0.2, 0.25) is 0 Å². The highest BCUT2D eigenvalue weighted by Gasteiger charge is 2.46. The van der Waals surface area contributed by atoms with Crippen molar-refractivity contribution in [1.29, 1.82) is 0 Å². The molecule has 1 saturated heterocycles. The Morgan fingerprint density at radius 3 is 3.05 bits per heavy atom. The number of piperidine rings is 1. The second-order valence-corrected chi connectivity index (χ2v) is 5.57. The smallest absolute Gasteiger partial charge is 0.271 e. The molecule has 0 aromatic carbocycles. The Morgan fingerprint density at radius 2 is 2.40 bits per heavy atom. The number of halogens is 2. The third-order valence-corrected chi connectivity index (χ3v) is 3.31. The fourth-order valence-corrected chi connectivity index (χ4v) is 2.33. The molecule has 0 saturated carbocycles. The number of hydrogen-bond acceptors (Lipinski definition) is 3. The summed E-state index contributed by atoms with van der Waals surface area (Å²) in [6.07, 6.45) is 3.42. The third kappa shape index (κ3) is 3.33. The zero-order valence-corrected chi connectivity index (χ0v) is 11.7. The maximum absolute atomic E-state index is 13.7. The van der Waals surface area contributed by atoms with Gasteiger partial charge in [0.25, 0.3) is 5.92 Å². The molecule has 1 fully saturated rings. The van der Waals surface area contributed by atoms with E-state index in [1.165, 1.54) is 0 Å². The number of nitrogens with one attached hydrogen (secondary N) is 2. The van der Waals surface area contributed by atoms with Gasteiger partial charge in [0, 0.05) is 18.9 Å². The first-order valence-corrected chi connectivity index (χ1v) is 6.80. The number of aromatic nitrogens is 2. The lowest BCUT2D eigenvalue weighted by Crippen LogP contribution is -2.50. The van der Waals surface area contributed by atoms with E-state index in [1.807, 2.05) is 13.8 Å². The van der Waals surface area contributed by atoms with Crippen LogP contribution in [0.4, 0.5) is 14.7 Å². The molecule has 0 spiro atoms. The SMILES string of the molecule is CC(C)Cn1ccnc1NC(=O)C1CCNCC1(F)F. The van der Waals surface area contributed by atoms with E-state index in [9.17, 15) is 13.6 Å². The number of alkyl halides is 2. The van der Waals surface area contributed by atoms with Gasteiger partial charge >= 0.3 is 0 Å². The summed E-state index contributed by atoms with van der Waals surface area (Å²) in [5, 5.41) is 5.13. The van der Waals surface area contributed by atoms with Crippen molar-refractivity contribution in [2.45, 2.75) is 32.7 Å². The van der Waals surface area contributed by atoms with Gasteiger partial charge in [-0.1, -0.05) is 13.8 Å². The minimum atomic E-state index is -3.02. The Kier molecular flexibility index (Phi) is 4.37. The van der Waals surface area contributed by atoms with E-state index < -0.39 is 24.3 Å². The van der Waals surface area contributed by atoms with E-state index in [4.69, 9.17) is 0 Å². The highest BCUT2D eigenvalue weighted by molar-refractivity contribution is 5.91. The van der Waals surface area contributed by atoms with Gasteiger partial charge < -0.3 is 9.88 Å². The van der Waals surface area contributed by atoms with Crippen molar-refractivity contribution in [1.82, 2.24) is 14.9 Å². The molecule has 0 radical (unpaired) electrons. The Labute approximate surface area is 116 Å². The maximum Gasteiger partial charge on any atom is 0.271 e. The average Bonchev–Trinajstić information content (AvgIpc) is 2.75. The molecule has 1 atom stereocenters. The number of amides is 1. The predicted molar refractivity (Wildman–Crippen MR) is 71.6 cm³/mol. The Hall–Kier alpha value is -1.50. The van der Waals surface area contributed by atoms with Gasteiger partial charge in [-0.05, 0) is 18.9 Å². The summed E-state index contributed by atoms with van der Waals surface area (Å²) >= 11 is 0. The van der Waals surface area contributed by atoms with Crippen LogP contribution in [0.1, 0.15) is 20.3 Å². The molecular weight excluding hydrogens is 266 g/mol. The number of nitrogens with zero attached hydrogens (tertiary/aromatic N) is 2. The molecule has 2 rings (SSSR count). The molecule has 112 valence electrons. The van der Waals surface area contributed by atoms with Crippen molar-refractivity contribution < 1.29 is 13.6 Å². The third-order valence-electron chi connectivity index (χ3n) is 3.31. The summed E-state index contributed by atoms with van der Waals surface area (Å²) in [7, 11) is 0. The van der Waals surface area contributed by atoms with Gasteiger partial charge in [-0.3, -0.25) is 10.1 Å². The lowest BCUT2D eigenvalue weighted by Gasteiger charge is -2.30. The number of anilines is 1. The molecule has 1 aliphatic heterocycles. The van der Waals surface area contributed by atoms with Gasteiger partial charge in [0.2, 0.25) is 11.9 Å². The lowest BCUT2D eigenvalue weighted by molar-refractivity contribution is -0.137. The maximum atomic E-state index is 13.7. The molecule has 1 aromatic rings. The molecule has 1 amide bonds. The van der Waals surface area contributed by atoms with Gasteiger partial charge in [-0.15, -0.1) is 0 Å². The van der Waals surface area contributed by atoms with Crippen molar-refractivity contribution in [3.8, 4) is 0 Å². The van der Waals surface area contributed by atoms with Crippen molar-refractivity contribution in [2.75, 3.05) is 18.4 Å². The summed E-state index contributed by atoms with van der Waals surface area (Å²) in [6, 6.07) is 0. The number of carbonyl (C=O) groups is 1. The normalized spacial score (nSPS) is 21.9. The van der Waals surface area contributed by atoms with Crippen LogP contribution in [0.15, 0.2) is 12.4 Å². The van der Waals surface area contributed by atoms with Crippen molar-refractivity contribution >= 4 is 11.9 Å². The quantitative estimate of drug-likeness (QED) is 0.886. The Bertz CT molecular complexity index is 473. The van der Waals surface area contributed by atoms with Crippen molar-refractivity contribution in [2.24, 2.45) is 11.8 Å². The fraction of sp³-hybridized carbons (Fsp3) is 0.692. The minimum absolute atomic E-state index is 0.129. The number of rotatable bonds is 4. The number of imidazole rings is 1. The van der Waals surface area contributed by atoms with Crippen LogP contribution < -0.4 is 10.6 Å². The average molecular weight is 286 g/mol. The molecule has 7 heteroatoms. The molecule has 2 N–H and O–H groups in total. The second kappa shape index (κ2) is 5.87. The molecule has 0 bridgehead atoms. The Balaban J connectivity index is 2.06. The van der Waals surface area contributed by atoms with Crippen LogP contribution in [-0.2, 0) is 11.3 Å². The van der Waals surface area contributed by atoms with Gasteiger partial charge in [0.15, 0.2) is 0 Å². The summed E-state index contributed by atoms with van der Waals surface area (Å²) in [5.74, 6) is -4.27. The number of hydrogen-bond donors (Lipinski definition) is 2. The zero-order chi connectivity index (χ0) is 14.8. The summed E-state index contributed by atoms with van der Waals surface area (Å²) in [6.45, 7) is 4.72. The van der Waals surface area contributed by atoms with E-state index in [2.05, 4.69) is 15.6 Å².